The molecule has 0 radical (unpaired) electrons. The lowest BCUT2D eigenvalue weighted by atomic mass is 9.97. The average Bonchev–Trinajstić information content (AvgIpc) is 2.42. The van der Waals surface area contributed by atoms with Crippen LogP contribution in [0, 0.1) is 24.4 Å². The van der Waals surface area contributed by atoms with Crippen LogP contribution in [0.1, 0.15) is 29.7 Å². The second-order valence-corrected chi connectivity index (χ2v) is 4.67. The lowest BCUT2D eigenvalue weighted by Gasteiger charge is -2.20. The minimum Gasteiger partial charge on any atom is -0.306 e. The molecule has 20 heavy (non-hydrogen) atoms. The normalized spacial score (nSPS) is 12.4. The number of hydrogen-bond acceptors (Lipinski definition) is 1. The van der Waals surface area contributed by atoms with Crippen LogP contribution in [0.15, 0.2) is 36.4 Å². The third kappa shape index (κ3) is 3.02. The standard InChI is InChI=1S/C16H16F3N/c1-3-20-16(11-5-4-10(2)15(19)8-11)13-9-12(17)6-7-14(13)18/h4-9,16,20H,3H2,1-2H3. The molecule has 1 N–H and O–H groups in total. The first-order chi connectivity index (χ1) is 9.52. The van der Waals surface area contributed by atoms with Gasteiger partial charge in [0, 0.05) is 5.56 Å². The zero-order valence-corrected chi connectivity index (χ0v) is 11.4. The summed E-state index contributed by atoms with van der Waals surface area (Å²) in [6, 6.07) is 7.41. The first-order valence-corrected chi connectivity index (χ1v) is 6.47. The van der Waals surface area contributed by atoms with Gasteiger partial charge in [0.15, 0.2) is 0 Å². The van der Waals surface area contributed by atoms with Crippen molar-refractivity contribution in [3.8, 4) is 0 Å². The van der Waals surface area contributed by atoms with Crippen LogP contribution < -0.4 is 5.32 Å². The Hall–Kier alpha value is -1.81. The molecule has 2 aromatic carbocycles. The Morgan fingerprint density at radius 1 is 1.00 bits per heavy atom. The van der Waals surface area contributed by atoms with E-state index in [4.69, 9.17) is 0 Å². The molecule has 0 bridgehead atoms. The van der Waals surface area contributed by atoms with E-state index in [2.05, 4.69) is 5.32 Å². The maximum Gasteiger partial charge on any atom is 0.128 e. The first-order valence-electron chi connectivity index (χ1n) is 6.47. The monoisotopic (exact) mass is 279 g/mol. The Labute approximate surface area is 116 Å². The molecule has 0 heterocycles. The number of rotatable bonds is 4. The zero-order valence-electron chi connectivity index (χ0n) is 11.4. The highest BCUT2D eigenvalue weighted by molar-refractivity contribution is 5.35. The Balaban J connectivity index is 2.49. The number of hydrogen-bond donors (Lipinski definition) is 1. The lowest BCUT2D eigenvalue weighted by Crippen LogP contribution is -2.23. The zero-order chi connectivity index (χ0) is 14.7. The number of halogens is 3. The largest absolute Gasteiger partial charge is 0.306 e. The summed E-state index contributed by atoms with van der Waals surface area (Å²) in [5.41, 5.74) is 1.26. The third-order valence-electron chi connectivity index (χ3n) is 3.21. The average molecular weight is 279 g/mol. The van der Waals surface area contributed by atoms with E-state index in [9.17, 15) is 13.2 Å². The molecular weight excluding hydrogens is 263 g/mol. The fraction of sp³-hybridized carbons (Fsp3) is 0.250. The van der Waals surface area contributed by atoms with Crippen molar-refractivity contribution in [2.24, 2.45) is 0 Å². The fourth-order valence-corrected chi connectivity index (χ4v) is 2.14. The summed E-state index contributed by atoms with van der Waals surface area (Å²) in [4.78, 5) is 0. The summed E-state index contributed by atoms with van der Waals surface area (Å²) < 4.78 is 40.9. The molecule has 0 amide bonds. The van der Waals surface area contributed by atoms with Crippen LogP contribution in [0.2, 0.25) is 0 Å². The maximum absolute atomic E-state index is 13.9. The maximum atomic E-state index is 13.9. The Kier molecular flexibility index (Phi) is 4.45. The smallest absolute Gasteiger partial charge is 0.128 e. The van der Waals surface area contributed by atoms with Crippen molar-refractivity contribution in [2.75, 3.05) is 6.54 Å². The molecule has 0 aromatic heterocycles. The third-order valence-corrected chi connectivity index (χ3v) is 3.21. The Morgan fingerprint density at radius 2 is 1.75 bits per heavy atom. The van der Waals surface area contributed by atoms with Crippen LogP contribution in [0.5, 0.6) is 0 Å². The second kappa shape index (κ2) is 6.09. The van der Waals surface area contributed by atoms with Gasteiger partial charge in [0.05, 0.1) is 6.04 Å². The number of benzene rings is 2. The molecule has 1 atom stereocenters. The van der Waals surface area contributed by atoms with Crippen molar-refractivity contribution < 1.29 is 13.2 Å². The predicted molar refractivity (Wildman–Crippen MR) is 73.0 cm³/mol. The van der Waals surface area contributed by atoms with Gasteiger partial charge >= 0.3 is 0 Å². The topological polar surface area (TPSA) is 12.0 Å². The molecule has 2 aromatic rings. The fourth-order valence-electron chi connectivity index (χ4n) is 2.14. The van der Waals surface area contributed by atoms with E-state index in [1.165, 1.54) is 6.07 Å². The Morgan fingerprint density at radius 3 is 2.40 bits per heavy atom. The summed E-state index contributed by atoms with van der Waals surface area (Å²) in [5.74, 6) is -1.39. The molecular formula is C16H16F3N. The predicted octanol–water partition coefficient (Wildman–Crippen LogP) is 4.11. The molecule has 2 rings (SSSR count). The van der Waals surface area contributed by atoms with Gasteiger partial charge in [0.1, 0.15) is 17.5 Å². The summed E-state index contributed by atoms with van der Waals surface area (Å²) in [6.45, 7) is 4.06. The van der Waals surface area contributed by atoms with Gasteiger partial charge in [-0.2, -0.15) is 0 Å². The van der Waals surface area contributed by atoms with Crippen LogP contribution in [0.3, 0.4) is 0 Å². The highest BCUT2D eigenvalue weighted by Gasteiger charge is 2.18. The van der Waals surface area contributed by atoms with Crippen molar-refractivity contribution in [1.29, 1.82) is 0 Å². The van der Waals surface area contributed by atoms with E-state index in [-0.39, 0.29) is 11.4 Å². The van der Waals surface area contributed by atoms with Crippen LogP contribution >= 0.6 is 0 Å². The highest BCUT2D eigenvalue weighted by Crippen LogP contribution is 2.26. The molecule has 4 heteroatoms. The molecule has 0 aliphatic carbocycles. The van der Waals surface area contributed by atoms with E-state index in [0.29, 0.717) is 17.7 Å². The molecule has 106 valence electrons. The van der Waals surface area contributed by atoms with Gasteiger partial charge in [-0.15, -0.1) is 0 Å². The molecule has 0 aliphatic rings. The van der Waals surface area contributed by atoms with E-state index >= 15 is 0 Å². The van der Waals surface area contributed by atoms with Crippen molar-refractivity contribution in [1.82, 2.24) is 5.32 Å². The van der Waals surface area contributed by atoms with E-state index in [1.54, 1.807) is 19.1 Å². The second-order valence-electron chi connectivity index (χ2n) is 4.67. The minimum absolute atomic E-state index is 0.176. The Bertz CT molecular complexity index is 611. The van der Waals surface area contributed by atoms with Crippen LogP contribution in [-0.2, 0) is 0 Å². The number of aryl methyl sites for hydroxylation is 1. The van der Waals surface area contributed by atoms with Crippen LogP contribution in [0.25, 0.3) is 0 Å². The van der Waals surface area contributed by atoms with Crippen molar-refractivity contribution in [3.63, 3.8) is 0 Å². The van der Waals surface area contributed by atoms with Gasteiger partial charge in [0.25, 0.3) is 0 Å². The van der Waals surface area contributed by atoms with Gasteiger partial charge in [-0.25, -0.2) is 13.2 Å². The minimum atomic E-state index is -0.578. The summed E-state index contributed by atoms with van der Waals surface area (Å²) in [6.07, 6.45) is 0. The van der Waals surface area contributed by atoms with Crippen molar-refractivity contribution in [3.05, 3.63) is 70.5 Å². The SMILES string of the molecule is CCNC(c1ccc(C)c(F)c1)c1cc(F)ccc1F. The van der Waals surface area contributed by atoms with Gasteiger partial charge in [-0.1, -0.05) is 19.1 Å². The quantitative estimate of drug-likeness (QED) is 0.888. The van der Waals surface area contributed by atoms with Crippen LogP contribution in [0.4, 0.5) is 13.2 Å². The van der Waals surface area contributed by atoms with Gasteiger partial charge in [-0.05, 0) is 48.9 Å². The summed E-state index contributed by atoms with van der Waals surface area (Å²) in [5, 5.41) is 3.06. The number of nitrogens with one attached hydrogen (secondary N) is 1. The molecule has 1 unspecified atom stereocenters. The van der Waals surface area contributed by atoms with E-state index < -0.39 is 17.7 Å². The summed E-state index contributed by atoms with van der Waals surface area (Å²) in [7, 11) is 0. The van der Waals surface area contributed by atoms with Gasteiger partial charge < -0.3 is 5.32 Å². The molecule has 0 aliphatic heterocycles. The van der Waals surface area contributed by atoms with Gasteiger partial charge in [0.2, 0.25) is 0 Å². The molecule has 0 spiro atoms. The van der Waals surface area contributed by atoms with E-state index in [0.717, 1.165) is 18.2 Å². The first kappa shape index (κ1) is 14.6. The molecule has 0 fully saturated rings. The lowest BCUT2D eigenvalue weighted by molar-refractivity contribution is 0.541. The molecule has 1 nitrogen and oxygen atoms in total. The summed E-state index contributed by atoms with van der Waals surface area (Å²) >= 11 is 0. The molecule has 0 saturated carbocycles. The molecule has 0 saturated heterocycles. The highest BCUT2D eigenvalue weighted by atomic mass is 19.1. The van der Waals surface area contributed by atoms with Gasteiger partial charge in [-0.3, -0.25) is 0 Å². The van der Waals surface area contributed by atoms with Crippen molar-refractivity contribution in [2.45, 2.75) is 19.9 Å². The van der Waals surface area contributed by atoms with Crippen molar-refractivity contribution >= 4 is 0 Å². The van der Waals surface area contributed by atoms with E-state index in [1.807, 2.05) is 6.92 Å². The van der Waals surface area contributed by atoms with Crippen LogP contribution in [-0.4, -0.2) is 6.54 Å².